The number of esters is 1. The molecule has 248 valence electrons. The van der Waals surface area contributed by atoms with E-state index < -0.39 is 38.8 Å². The van der Waals surface area contributed by atoms with Crippen molar-refractivity contribution in [2.75, 3.05) is 27.9 Å². The fraction of sp³-hybridized carbons (Fsp3) is 0.219. The van der Waals surface area contributed by atoms with E-state index >= 15 is 0 Å². The van der Waals surface area contributed by atoms with E-state index in [4.69, 9.17) is 23.7 Å². The van der Waals surface area contributed by atoms with Crippen LogP contribution in [0.4, 0.5) is 11.4 Å². The molecule has 0 unspecified atom stereocenters. The largest absolute Gasteiger partial charge is 0.493 e. The second-order valence-electron chi connectivity index (χ2n) is 10.1. The number of allylic oxidation sites excluding steroid dienone is 1. The average molecular weight is 677 g/mol. The summed E-state index contributed by atoms with van der Waals surface area (Å²) >= 11 is 1.12. The summed E-state index contributed by atoms with van der Waals surface area (Å²) in [5, 5.41) is 22.7. The van der Waals surface area contributed by atoms with E-state index in [0.717, 1.165) is 29.5 Å². The third kappa shape index (κ3) is 6.32. The molecule has 1 aliphatic heterocycles. The molecule has 15 nitrogen and oxygen atoms in total. The molecule has 4 aromatic rings. The number of hydrogen-bond acceptors (Lipinski definition) is 13. The Bertz CT molecular complexity index is 2170. The lowest BCUT2D eigenvalue weighted by atomic mass is 9.95. The molecule has 0 radical (unpaired) electrons. The van der Waals surface area contributed by atoms with Crippen molar-refractivity contribution in [2.24, 2.45) is 4.99 Å². The third-order valence-corrected chi connectivity index (χ3v) is 8.28. The molecule has 0 bridgehead atoms. The molecule has 0 aliphatic carbocycles. The fourth-order valence-electron chi connectivity index (χ4n) is 5.11. The number of non-ortho nitro benzene ring substituents is 1. The van der Waals surface area contributed by atoms with Crippen LogP contribution in [-0.4, -0.2) is 48.3 Å². The Hall–Kier alpha value is -6.03. The quantitative estimate of drug-likeness (QED) is 0.124. The maximum Gasteiger partial charge on any atom is 0.338 e. The monoisotopic (exact) mass is 676 g/mol. The molecule has 3 aromatic carbocycles. The predicted octanol–water partition coefficient (Wildman–Crippen LogP) is 4.43. The minimum Gasteiger partial charge on any atom is -0.493 e. The van der Waals surface area contributed by atoms with Crippen molar-refractivity contribution in [3.8, 4) is 28.7 Å². The Morgan fingerprint density at radius 3 is 2.23 bits per heavy atom. The van der Waals surface area contributed by atoms with Crippen molar-refractivity contribution in [3.63, 3.8) is 0 Å². The van der Waals surface area contributed by atoms with Crippen molar-refractivity contribution >= 4 is 34.8 Å². The highest BCUT2D eigenvalue weighted by atomic mass is 32.1. The normalized spacial score (nSPS) is 14.1. The summed E-state index contributed by atoms with van der Waals surface area (Å²) in [4.78, 5) is 53.4. The number of carbonyl (C=O) groups is 1. The standard InChI is InChI=1S/C32H28N4O11S/c1-6-46-31(38)28-17(2)33-32-34(29(28)19-8-11-23(43-3)26(15-19)45-5)30(37)27(48-32)14-18-7-10-24(25(13-18)44-4)47-22-12-9-20(35(39)40)16-21(22)36(41)42/h7-16,29H,6H2,1-5H3/b27-14-/t29-/m0/s1. The summed E-state index contributed by atoms with van der Waals surface area (Å²) < 4.78 is 29.1. The molecule has 16 heteroatoms. The number of benzene rings is 3. The van der Waals surface area contributed by atoms with Crippen molar-refractivity contribution in [2.45, 2.75) is 19.9 Å². The van der Waals surface area contributed by atoms with Gasteiger partial charge in [0.1, 0.15) is 0 Å². The predicted molar refractivity (Wildman–Crippen MR) is 173 cm³/mol. The highest BCUT2D eigenvalue weighted by Crippen LogP contribution is 2.39. The van der Waals surface area contributed by atoms with E-state index in [1.54, 1.807) is 50.3 Å². The minimum atomic E-state index is -0.884. The molecule has 0 saturated heterocycles. The van der Waals surface area contributed by atoms with Gasteiger partial charge in [-0.1, -0.05) is 23.5 Å². The number of thiazole rings is 1. The zero-order valence-corrected chi connectivity index (χ0v) is 27.1. The number of nitro groups is 2. The SMILES string of the molecule is CCOC(=O)C1=C(C)N=c2s/c(=C\c3ccc(Oc4ccc([N+](=O)[O-])cc4[N+](=O)[O-])c(OC)c3)c(=O)n2[C@H]1c1ccc(OC)c(OC)c1. The van der Waals surface area contributed by atoms with Gasteiger partial charge in [-0.15, -0.1) is 0 Å². The molecule has 0 N–H and O–H groups in total. The lowest BCUT2D eigenvalue weighted by Crippen LogP contribution is -2.39. The summed E-state index contributed by atoms with van der Waals surface area (Å²) in [6.07, 6.45) is 1.61. The van der Waals surface area contributed by atoms with Gasteiger partial charge in [0.25, 0.3) is 11.2 Å². The van der Waals surface area contributed by atoms with Crippen LogP contribution in [0.3, 0.4) is 0 Å². The number of aromatic nitrogens is 1. The Kier molecular flexibility index (Phi) is 9.56. The number of nitrogens with zero attached hydrogens (tertiary/aromatic N) is 4. The highest BCUT2D eigenvalue weighted by molar-refractivity contribution is 7.07. The van der Waals surface area contributed by atoms with E-state index in [1.165, 1.54) is 32.0 Å². The smallest absolute Gasteiger partial charge is 0.338 e. The first-order valence-electron chi connectivity index (χ1n) is 14.2. The van der Waals surface area contributed by atoms with Crippen molar-refractivity contribution in [1.82, 2.24) is 4.57 Å². The molecule has 2 heterocycles. The van der Waals surface area contributed by atoms with Crippen LogP contribution in [-0.2, 0) is 9.53 Å². The molecule has 1 aromatic heterocycles. The first kappa shape index (κ1) is 33.3. The van der Waals surface area contributed by atoms with Gasteiger partial charge in [-0.2, -0.15) is 0 Å². The molecule has 0 fully saturated rings. The van der Waals surface area contributed by atoms with Crippen LogP contribution in [0.2, 0.25) is 0 Å². The number of carbonyl (C=O) groups excluding carboxylic acids is 1. The van der Waals surface area contributed by atoms with Gasteiger partial charge in [0.2, 0.25) is 5.75 Å². The van der Waals surface area contributed by atoms with E-state index in [9.17, 15) is 29.8 Å². The van der Waals surface area contributed by atoms with Gasteiger partial charge in [0.05, 0.1) is 65.7 Å². The zero-order valence-electron chi connectivity index (χ0n) is 26.2. The number of methoxy groups -OCH3 is 3. The van der Waals surface area contributed by atoms with Gasteiger partial charge in [-0.05, 0) is 61.4 Å². The topological polar surface area (TPSA) is 184 Å². The second-order valence-corrected chi connectivity index (χ2v) is 11.1. The van der Waals surface area contributed by atoms with Crippen LogP contribution >= 0.6 is 11.3 Å². The summed E-state index contributed by atoms with van der Waals surface area (Å²) in [7, 11) is 4.35. The minimum absolute atomic E-state index is 0.0937. The van der Waals surface area contributed by atoms with E-state index in [-0.39, 0.29) is 29.4 Å². The van der Waals surface area contributed by atoms with Crippen LogP contribution in [0.1, 0.15) is 31.0 Å². The van der Waals surface area contributed by atoms with Gasteiger partial charge < -0.3 is 23.7 Å². The maximum atomic E-state index is 14.0. The Morgan fingerprint density at radius 1 is 0.917 bits per heavy atom. The summed E-state index contributed by atoms with van der Waals surface area (Å²) in [5.41, 5.74) is 0.200. The zero-order chi connectivity index (χ0) is 34.7. The van der Waals surface area contributed by atoms with E-state index in [2.05, 4.69) is 4.99 Å². The molecule has 5 rings (SSSR count). The average Bonchev–Trinajstić information content (AvgIpc) is 3.37. The lowest BCUT2D eigenvalue weighted by Gasteiger charge is -2.25. The molecule has 1 atom stereocenters. The van der Waals surface area contributed by atoms with E-state index in [1.807, 2.05) is 0 Å². The first-order valence-corrected chi connectivity index (χ1v) is 15.0. The van der Waals surface area contributed by atoms with Crippen LogP contribution in [0.5, 0.6) is 28.7 Å². The summed E-state index contributed by atoms with van der Waals surface area (Å²) in [6, 6.07) is 11.9. The van der Waals surface area contributed by atoms with Crippen LogP contribution in [0.15, 0.2) is 75.7 Å². The number of hydrogen-bond donors (Lipinski definition) is 0. The number of fused-ring (bicyclic) bond motifs is 1. The van der Waals surface area contributed by atoms with Crippen molar-refractivity contribution in [1.29, 1.82) is 0 Å². The lowest BCUT2D eigenvalue weighted by molar-refractivity contribution is -0.394. The van der Waals surface area contributed by atoms with E-state index in [0.29, 0.717) is 37.7 Å². The van der Waals surface area contributed by atoms with Crippen molar-refractivity contribution in [3.05, 3.63) is 117 Å². The summed E-state index contributed by atoms with van der Waals surface area (Å²) in [6.45, 7) is 3.49. The highest BCUT2D eigenvalue weighted by Gasteiger charge is 2.34. The van der Waals surface area contributed by atoms with Gasteiger partial charge in [-0.25, -0.2) is 9.79 Å². The summed E-state index contributed by atoms with van der Waals surface area (Å²) in [5.74, 6) is 0.304. The van der Waals surface area contributed by atoms with Crippen LogP contribution in [0.25, 0.3) is 6.08 Å². The maximum absolute atomic E-state index is 14.0. The van der Waals surface area contributed by atoms with Crippen LogP contribution < -0.4 is 33.8 Å². The Morgan fingerprint density at radius 2 is 1.58 bits per heavy atom. The van der Waals surface area contributed by atoms with Crippen molar-refractivity contribution < 1.29 is 38.3 Å². The number of rotatable bonds is 11. The molecular weight excluding hydrogens is 648 g/mol. The molecular formula is C32H28N4O11S. The molecule has 1 aliphatic rings. The molecule has 0 saturated carbocycles. The molecule has 0 spiro atoms. The second kappa shape index (κ2) is 13.8. The molecule has 0 amide bonds. The Labute approximate surface area is 275 Å². The van der Waals surface area contributed by atoms with Gasteiger partial charge in [-0.3, -0.25) is 29.6 Å². The third-order valence-electron chi connectivity index (χ3n) is 7.30. The Balaban J connectivity index is 1.59. The first-order chi connectivity index (χ1) is 23.0. The van der Waals surface area contributed by atoms with Gasteiger partial charge >= 0.3 is 11.7 Å². The molecule has 48 heavy (non-hydrogen) atoms. The number of ether oxygens (including phenoxy) is 5. The number of nitro benzene ring substituents is 2. The fourth-order valence-corrected chi connectivity index (χ4v) is 6.15. The van der Waals surface area contributed by atoms with Gasteiger partial charge in [0.15, 0.2) is 27.8 Å². The van der Waals surface area contributed by atoms with Crippen LogP contribution in [0, 0.1) is 20.2 Å². The van der Waals surface area contributed by atoms with Gasteiger partial charge in [0, 0.05) is 6.07 Å².